The molecule has 232 valence electrons. The largest absolute Gasteiger partial charge is 0.461 e. The third kappa shape index (κ3) is 9.92. The Labute approximate surface area is 246 Å². The van der Waals surface area contributed by atoms with Gasteiger partial charge in [-0.05, 0) is 54.2 Å². The SMILES string of the molecule is CC[C@H](C)C(=O)O[C@H]1C[C@H](O)C=C2C=C[C@H](C)[C@H](CC[C@@H](O)C[C@@H](O)CC(=O)OCc3ccc(CO[N+](=O)[O-])cc3)[C@H]21. The van der Waals surface area contributed by atoms with Crippen LogP contribution in [-0.4, -0.2) is 56.8 Å². The van der Waals surface area contributed by atoms with Gasteiger partial charge in [0.15, 0.2) is 0 Å². The molecule has 2 aliphatic rings. The van der Waals surface area contributed by atoms with Crippen molar-refractivity contribution in [3.63, 3.8) is 0 Å². The summed E-state index contributed by atoms with van der Waals surface area (Å²) in [5.74, 6) is -0.978. The number of rotatable bonds is 15. The number of hydrogen-bond acceptors (Lipinski definition) is 10. The van der Waals surface area contributed by atoms with Crippen molar-refractivity contribution in [2.24, 2.45) is 23.7 Å². The van der Waals surface area contributed by atoms with Gasteiger partial charge < -0.3 is 29.6 Å². The van der Waals surface area contributed by atoms with Crippen molar-refractivity contribution in [1.82, 2.24) is 0 Å². The van der Waals surface area contributed by atoms with E-state index in [-0.39, 0.29) is 55.7 Å². The number of ether oxygens (including phenoxy) is 2. The van der Waals surface area contributed by atoms with Gasteiger partial charge in [0.05, 0.1) is 30.7 Å². The summed E-state index contributed by atoms with van der Waals surface area (Å²) in [5, 5.41) is 40.9. The Morgan fingerprint density at radius 1 is 1.12 bits per heavy atom. The molecule has 11 nitrogen and oxygen atoms in total. The Morgan fingerprint density at radius 3 is 2.43 bits per heavy atom. The molecule has 0 heterocycles. The minimum Gasteiger partial charge on any atom is -0.461 e. The van der Waals surface area contributed by atoms with Gasteiger partial charge in [-0.2, -0.15) is 0 Å². The molecule has 11 heteroatoms. The highest BCUT2D eigenvalue weighted by Gasteiger charge is 2.42. The average molecular weight is 590 g/mol. The van der Waals surface area contributed by atoms with Crippen molar-refractivity contribution in [3.05, 3.63) is 69.3 Å². The molecule has 0 radical (unpaired) electrons. The second-order valence-corrected chi connectivity index (χ2v) is 11.5. The van der Waals surface area contributed by atoms with Crippen LogP contribution in [0.3, 0.4) is 0 Å². The quantitative estimate of drug-likeness (QED) is 0.156. The predicted molar refractivity (Wildman–Crippen MR) is 152 cm³/mol. The van der Waals surface area contributed by atoms with Crippen molar-refractivity contribution in [2.45, 2.75) is 96.9 Å². The lowest BCUT2D eigenvalue weighted by molar-refractivity contribution is -0.763. The van der Waals surface area contributed by atoms with Crippen LogP contribution in [-0.2, 0) is 37.1 Å². The first-order valence-corrected chi connectivity index (χ1v) is 14.6. The fourth-order valence-corrected chi connectivity index (χ4v) is 5.59. The van der Waals surface area contributed by atoms with Gasteiger partial charge in [-0.25, -0.2) is 0 Å². The van der Waals surface area contributed by atoms with Crippen molar-refractivity contribution < 1.29 is 44.3 Å². The molecule has 1 aromatic rings. The summed E-state index contributed by atoms with van der Waals surface area (Å²) in [7, 11) is 0. The lowest BCUT2D eigenvalue weighted by atomic mass is 9.66. The Bertz CT molecular complexity index is 1120. The molecule has 3 rings (SSSR count). The van der Waals surface area contributed by atoms with Crippen LogP contribution in [0.15, 0.2) is 48.1 Å². The normalized spacial score (nSPS) is 25.4. The number of carbonyl (C=O) groups is 2. The fraction of sp³-hybridized carbons (Fsp3) is 0.613. The number of allylic oxidation sites excluding steroid dienone is 2. The minimum absolute atomic E-state index is 0.00961. The minimum atomic E-state index is -1.08. The van der Waals surface area contributed by atoms with E-state index in [1.165, 1.54) is 0 Å². The summed E-state index contributed by atoms with van der Waals surface area (Å²) in [6.45, 7) is 5.64. The summed E-state index contributed by atoms with van der Waals surface area (Å²) in [4.78, 5) is 39.4. The third-order valence-corrected chi connectivity index (χ3v) is 8.19. The third-order valence-electron chi connectivity index (χ3n) is 8.19. The molecule has 0 spiro atoms. The number of aliphatic hydroxyl groups excluding tert-OH is 3. The van der Waals surface area contributed by atoms with E-state index < -0.39 is 35.5 Å². The predicted octanol–water partition coefficient (Wildman–Crippen LogP) is 3.81. The Morgan fingerprint density at radius 2 is 1.79 bits per heavy atom. The second-order valence-electron chi connectivity index (χ2n) is 11.5. The maximum absolute atomic E-state index is 12.6. The van der Waals surface area contributed by atoms with Crippen LogP contribution in [0.5, 0.6) is 0 Å². The summed E-state index contributed by atoms with van der Waals surface area (Å²) in [6, 6.07) is 6.59. The molecule has 1 aromatic carbocycles. The number of esters is 2. The Hall–Kier alpha value is -3.28. The highest BCUT2D eigenvalue weighted by Crippen LogP contribution is 2.44. The van der Waals surface area contributed by atoms with Crippen LogP contribution in [0.25, 0.3) is 0 Å². The number of carbonyl (C=O) groups excluding carboxylic acids is 2. The Kier molecular flexibility index (Phi) is 12.5. The van der Waals surface area contributed by atoms with E-state index in [4.69, 9.17) is 9.47 Å². The van der Waals surface area contributed by atoms with E-state index in [9.17, 15) is 35.0 Å². The van der Waals surface area contributed by atoms with Crippen molar-refractivity contribution in [1.29, 1.82) is 0 Å². The topological polar surface area (TPSA) is 166 Å². The maximum atomic E-state index is 12.6. The molecule has 0 amide bonds. The molecule has 0 saturated carbocycles. The second kappa shape index (κ2) is 15.8. The zero-order chi connectivity index (χ0) is 30.8. The molecule has 0 fully saturated rings. The molecule has 0 aromatic heterocycles. The smallest absolute Gasteiger partial charge is 0.308 e. The van der Waals surface area contributed by atoms with Crippen LogP contribution >= 0.6 is 0 Å². The molecule has 0 aliphatic heterocycles. The summed E-state index contributed by atoms with van der Waals surface area (Å²) in [5.41, 5.74) is 2.21. The van der Waals surface area contributed by atoms with Gasteiger partial charge in [0.2, 0.25) is 0 Å². The van der Waals surface area contributed by atoms with Crippen molar-refractivity contribution in [2.75, 3.05) is 0 Å². The number of benzene rings is 1. The first kappa shape index (κ1) is 33.2. The van der Waals surface area contributed by atoms with E-state index in [0.29, 0.717) is 36.8 Å². The maximum Gasteiger partial charge on any atom is 0.308 e. The standard InChI is InChI=1S/C31H43NO10/c1-4-19(2)31(37)42-28-15-25(34)13-23-10-5-20(3)27(30(23)28)12-11-24(33)14-26(35)16-29(36)40-17-21-6-8-22(9-7-21)18-41-32(38)39/h5-10,13,19-20,24-28,30,33-35H,4,11-12,14-18H2,1-3H3/t19-,20-,24+,25+,26+,27-,28-,30-/m0/s1. The summed E-state index contributed by atoms with van der Waals surface area (Å²) >= 11 is 0. The first-order valence-electron chi connectivity index (χ1n) is 14.6. The van der Waals surface area contributed by atoms with E-state index in [2.05, 4.69) is 17.8 Å². The molecule has 3 N–H and O–H groups in total. The van der Waals surface area contributed by atoms with Gasteiger partial charge in [-0.15, -0.1) is 10.1 Å². The summed E-state index contributed by atoms with van der Waals surface area (Å²) in [6.07, 6.45) is 4.54. The van der Waals surface area contributed by atoms with E-state index in [0.717, 1.165) is 5.57 Å². The Balaban J connectivity index is 1.48. The van der Waals surface area contributed by atoms with Gasteiger partial charge >= 0.3 is 11.9 Å². The number of hydrogen-bond donors (Lipinski definition) is 3. The highest BCUT2D eigenvalue weighted by atomic mass is 16.9. The zero-order valence-electron chi connectivity index (χ0n) is 24.5. The highest BCUT2D eigenvalue weighted by molar-refractivity contribution is 5.72. The van der Waals surface area contributed by atoms with Crippen LogP contribution in [0, 0.1) is 33.8 Å². The molecule has 8 atom stereocenters. The van der Waals surface area contributed by atoms with Gasteiger partial charge in [0.1, 0.15) is 19.3 Å². The monoisotopic (exact) mass is 589 g/mol. The molecular formula is C31H43NO10. The molecule has 0 unspecified atom stereocenters. The number of aliphatic hydroxyl groups is 3. The van der Waals surface area contributed by atoms with Gasteiger partial charge in [0, 0.05) is 12.3 Å². The number of nitrogens with zero attached hydrogens (tertiary/aromatic N) is 1. The lowest BCUT2D eigenvalue weighted by Crippen LogP contribution is -2.43. The molecule has 42 heavy (non-hydrogen) atoms. The van der Waals surface area contributed by atoms with E-state index in [1.54, 1.807) is 24.3 Å². The summed E-state index contributed by atoms with van der Waals surface area (Å²) < 4.78 is 11.1. The van der Waals surface area contributed by atoms with Crippen LogP contribution in [0.2, 0.25) is 0 Å². The zero-order valence-corrected chi connectivity index (χ0v) is 24.5. The van der Waals surface area contributed by atoms with E-state index in [1.807, 2.05) is 26.0 Å². The molecule has 0 saturated heterocycles. The number of fused-ring (bicyclic) bond motifs is 1. The van der Waals surface area contributed by atoms with Crippen LogP contribution in [0.1, 0.15) is 70.4 Å². The molecule has 2 aliphatic carbocycles. The fourth-order valence-electron chi connectivity index (χ4n) is 5.59. The van der Waals surface area contributed by atoms with Crippen LogP contribution < -0.4 is 0 Å². The van der Waals surface area contributed by atoms with Crippen molar-refractivity contribution in [3.8, 4) is 0 Å². The van der Waals surface area contributed by atoms with Gasteiger partial charge in [-0.1, -0.05) is 63.3 Å². The van der Waals surface area contributed by atoms with E-state index >= 15 is 0 Å². The van der Waals surface area contributed by atoms with Crippen molar-refractivity contribution >= 4 is 11.9 Å². The molecular weight excluding hydrogens is 546 g/mol. The van der Waals surface area contributed by atoms with Gasteiger partial charge in [0.25, 0.3) is 5.09 Å². The average Bonchev–Trinajstić information content (AvgIpc) is 2.94. The lowest BCUT2D eigenvalue weighted by Gasteiger charge is -2.43. The van der Waals surface area contributed by atoms with Crippen LogP contribution in [0.4, 0.5) is 0 Å². The molecule has 0 bridgehead atoms. The van der Waals surface area contributed by atoms with Gasteiger partial charge in [-0.3, -0.25) is 9.59 Å². The first-order chi connectivity index (χ1) is 20.0.